The van der Waals surface area contributed by atoms with Crippen LogP contribution in [0.4, 0.5) is 18.9 Å². The number of nitrogens with zero attached hydrogens (tertiary/aromatic N) is 3. The number of carbonyl (C=O) groups is 1. The van der Waals surface area contributed by atoms with Crippen molar-refractivity contribution in [2.75, 3.05) is 16.9 Å². The van der Waals surface area contributed by atoms with Gasteiger partial charge in [0.05, 0.1) is 11.3 Å². The Morgan fingerprint density at radius 2 is 1.78 bits per heavy atom. The van der Waals surface area contributed by atoms with E-state index in [0.29, 0.717) is 17.4 Å². The molecule has 4 aromatic rings. The first-order valence-corrected chi connectivity index (χ1v) is 10.6. The molecule has 164 valence electrons. The Kier molecular flexibility index (Phi) is 6.04. The number of alkyl halides is 3. The van der Waals surface area contributed by atoms with Gasteiger partial charge in [0, 0.05) is 12.1 Å². The van der Waals surface area contributed by atoms with Crippen LogP contribution in [-0.2, 0) is 17.4 Å². The summed E-state index contributed by atoms with van der Waals surface area (Å²) in [6.07, 6.45) is -4.02. The maximum Gasteiger partial charge on any atom is 0.416 e. The van der Waals surface area contributed by atoms with Crippen LogP contribution in [0.5, 0.6) is 0 Å². The van der Waals surface area contributed by atoms with Crippen LogP contribution in [0.1, 0.15) is 17.0 Å². The molecule has 0 aliphatic rings. The molecule has 32 heavy (non-hydrogen) atoms. The number of fused-ring (bicyclic) bond motifs is 1. The number of nitrogen functional groups attached to an aromatic ring is 1. The minimum atomic E-state index is -4.48. The number of carbonyl (C=O) groups excluding carboxylic acids is 1. The zero-order valence-electron chi connectivity index (χ0n) is 16.6. The highest BCUT2D eigenvalue weighted by Gasteiger charge is 2.30. The minimum Gasteiger partial charge on any atom is -0.336 e. The fourth-order valence-corrected chi connectivity index (χ4v) is 3.92. The van der Waals surface area contributed by atoms with E-state index in [1.807, 2.05) is 42.5 Å². The molecule has 1 aromatic heterocycles. The van der Waals surface area contributed by atoms with E-state index in [1.54, 1.807) is 0 Å². The van der Waals surface area contributed by atoms with Crippen LogP contribution in [0.3, 0.4) is 0 Å². The molecule has 0 unspecified atom stereocenters. The molecule has 3 N–H and O–H groups in total. The Hall–Kier alpha value is -3.53. The molecule has 1 amide bonds. The van der Waals surface area contributed by atoms with Crippen molar-refractivity contribution < 1.29 is 18.0 Å². The number of thioether (sulfide) groups is 1. The zero-order chi connectivity index (χ0) is 22.7. The summed E-state index contributed by atoms with van der Waals surface area (Å²) >= 11 is 1.05. The van der Waals surface area contributed by atoms with Crippen molar-refractivity contribution in [3.05, 3.63) is 83.7 Å². The van der Waals surface area contributed by atoms with Gasteiger partial charge < -0.3 is 11.2 Å². The SMILES string of the molecule is Nn1c(Cc2cccc3ccccc23)nnc1SCC(=O)Nc1cccc(C(F)(F)F)c1. The van der Waals surface area contributed by atoms with Crippen molar-refractivity contribution in [1.29, 1.82) is 0 Å². The fourth-order valence-electron chi connectivity index (χ4n) is 3.24. The van der Waals surface area contributed by atoms with Crippen molar-refractivity contribution in [2.24, 2.45) is 0 Å². The molecule has 0 saturated heterocycles. The van der Waals surface area contributed by atoms with Gasteiger partial charge in [-0.2, -0.15) is 13.2 Å². The molecule has 0 saturated carbocycles. The third-order valence-electron chi connectivity index (χ3n) is 4.77. The average molecular weight is 457 g/mol. The van der Waals surface area contributed by atoms with Gasteiger partial charge in [0.15, 0.2) is 5.82 Å². The summed E-state index contributed by atoms with van der Waals surface area (Å²) in [5.41, 5.74) is 0.278. The third-order valence-corrected chi connectivity index (χ3v) is 5.71. The van der Waals surface area contributed by atoms with Crippen LogP contribution >= 0.6 is 11.8 Å². The second-order valence-corrected chi connectivity index (χ2v) is 7.94. The normalized spacial score (nSPS) is 11.6. The zero-order valence-corrected chi connectivity index (χ0v) is 17.5. The standard InChI is InChI=1S/C22H18F3N5OS/c23-22(24,25)16-8-4-9-17(12-16)27-20(31)13-32-21-29-28-19(30(21)26)11-15-7-3-6-14-5-1-2-10-18(14)15/h1-10,12H,11,13,26H2,(H,27,31). The van der Waals surface area contributed by atoms with Crippen molar-refractivity contribution >= 4 is 34.1 Å². The Morgan fingerprint density at radius 3 is 2.59 bits per heavy atom. The Labute approximate surface area is 185 Å². The predicted octanol–water partition coefficient (Wildman–Crippen LogP) is 4.49. The van der Waals surface area contributed by atoms with Crippen LogP contribution in [0.15, 0.2) is 71.9 Å². The van der Waals surface area contributed by atoms with E-state index in [1.165, 1.54) is 16.8 Å². The number of amides is 1. The lowest BCUT2D eigenvalue weighted by molar-refractivity contribution is -0.137. The lowest BCUT2D eigenvalue weighted by Gasteiger charge is -2.10. The molecular formula is C22H18F3N5OS. The second kappa shape index (κ2) is 8.91. The molecule has 3 aromatic carbocycles. The van der Waals surface area contributed by atoms with E-state index in [-0.39, 0.29) is 11.4 Å². The molecule has 0 atom stereocenters. The van der Waals surface area contributed by atoms with Gasteiger partial charge in [-0.05, 0) is 34.5 Å². The lowest BCUT2D eigenvalue weighted by atomic mass is 10.0. The Balaban J connectivity index is 1.40. The molecule has 6 nitrogen and oxygen atoms in total. The maximum absolute atomic E-state index is 12.8. The third kappa shape index (κ3) is 4.86. The molecule has 10 heteroatoms. The van der Waals surface area contributed by atoms with Gasteiger partial charge in [-0.1, -0.05) is 60.3 Å². The number of nitrogens with one attached hydrogen (secondary N) is 1. The van der Waals surface area contributed by atoms with Gasteiger partial charge in [0.25, 0.3) is 0 Å². The predicted molar refractivity (Wildman–Crippen MR) is 118 cm³/mol. The summed E-state index contributed by atoms with van der Waals surface area (Å²) in [6, 6.07) is 18.4. The summed E-state index contributed by atoms with van der Waals surface area (Å²) in [6.45, 7) is 0. The number of rotatable bonds is 6. The highest BCUT2D eigenvalue weighted by Crippen LogP contribution is 2.30. The molecule has 0 radical (unpaired) electrons. The molecule has 0 bridgehead atoms. The highest BCUT2D eigenvalue weighted by atomic mass is 32.2. The average Bonchev–Trinajstić information content (AvgIpc) is 3.11. The molecule has 4 rings (SSSR count). The molecular weight excluding hydrogens is 439 g/mol. The van der Waals surface area contributed by atoms with Gasteiger partial charge in [-0.3, -0.25) is 4.79 Å². The van der Waals surface area contributed by atoms with E-state index in [9.17, 15) is 18.0 Å². The monoisotopic (exact) mass is 457 g/mol. The number of nitrogens with two attached hydrogens (primary N) is 1. The topological polar surface area (TPSA) is 85.8 Å². The van der Waals surface area contributed by atoms with Gasteiger partial charge in [-0.15, -0.1) is 10.2 Å². The number of anilines is 1. The quantitative estimate of drug-likeness (QED) is 0.329. The summed E-state index contributed by atoms with van der Waals surface area (Å²) in [7, 11) is 0. The van der Waals surface area contributed by atoms with Gasteiger partial charge in [0.1, 0.15) is 0 Å². The van der Waals surface area contributed by atoms with E-state index >= 15 is 0 Å². The van der Waals surface area contributed by atoms with E-state index in [2.05, 4.69) is 15.5 Å². The second-order valence-electron chi connectivity index (χ2n) is 7.00. The van der Waals surface area contributed by atoms with E-state index < -0.39 is 17.6 Å². The number of aromatic nitrogens is 3. The van der Waals surface area contributed by atoms with E-state index in [4.69, 9.17) is 5.84 Å². The Morgan fingerprint density at radius 1 is 1.03 bits per heavy atom. The highest BCUT2D eigenvalue weighted by molar-refractivity contribution is 7.99. The molecule has 0 spiro atoms. The van der Waals surface area contributed by atoms with Gasteiger partial charge in [0.2, 0.25) is 11.1 Å². The number of halogens is 3. The van der Waals surface area contributed by atoms with Crippen molar-refractivity contribution in [3.63, 3.8) is 0 Å². The first-order valence-electron chi connectivity index (χ1n) is 9.57. The number of hydrogen-bond acceptors (Lipinski definition) is 5. The number of hydrogen-bond donors (Lipinski definition) is 2. The summed E-state index contributed by atoms with van der Waals surface area (Å²) in [5, 5.41) is 13.1. The van der Waals surface area contributed by atoms with Crippen LogP contribution < -0.4 is 11.2 Å². The van der Waals surface area contributed by atoms with Crippen molar-refractivity contribution in [1.82, 2.24) is 14.9 Å². The molecule has 1 heterocycles. The molecule has 0 aliphatic heterocycles. The Bertz CT molecular complexity index is 1270. The van der Waals surface area contributed by atoms with Crippen LogP contribution in [0.2, 0.25) is 0 Å². The molecule has 0 aliphatic carbocycles. The first kappa shape index (κ1) is 21.7. The van der Waals surface area contributed by atoms with Crippen LogP contribution in [0.25, 0.3) is 10.8 Å². The minimum absolute atomic E-state index is 0.0660. The number of benzene rings is 3. The molecule has 0 fully saturated rings. The van der Waals surface area contributed by atoms with Gasteiger partial charge in [-0.25, -0.2) is 4.68 Å². The summed E-state index contributed by atoms with van der Waals surface area (Å²) < 4.78 is 39.8. The summed E-state index contributed by atoms with van der Waals surface area (Å²) in [5.74, 6) is 6.08. The van der Waals surface area contributed by atoms with Crippen LogP contribution in [0, 0.1) is 0 Å². The fraction of sp³-hybridized carbons (Fsp3) is 0.136. The maximum atomic E-state index is 12.8. The van der Waals surface area contributed by atoms with Gasteiger partial charge >= 0.3 is 6.18 Å². The summed E-state index contributed by atoms with van der Waals surface area (Å²) in [4.78, 5) is 12.2. The van der Waals surface area contributed by atoms with Crippen molar-refractivity contribution in [2.45, 2.75) is 17.8 Å². The lowest BCUT2D eigenvalue weighted by Crippen LogP contribution is -2.17. The first-order chi connectivity index (χ1) is 15.3. The largest absolute Gasteiger partial charge is 0.416 e. The van der Waals surface area contributed by atoms with Crippen molar-refractivity contribution in [3.8, 4) is 0 Å². The van der Waals surface area contributed by atoms with Crippen LogP contribution in [-0.4, -0.2) is 26.5 Å². The smallest absolute Gasteiger partial charge is 0.336 e. The van der Waals surface area contributed by atoms with E-state index in [0.717, 1.165) is 40.2 Å².